The third-order valence-corrected chi connectivity index (χ3v) is 2.18. The average molecular weight is 284 g/mol. The number of nitrogens with zero attached hydrogens (tertiary/aromatic N) is 1. The summed E-state index contributed by atoms with van der Waals surface area (Å²) in [6.07, 6.45) is -0.224. The molecule has 84 valence electrons. The van der Waals surface area contributed by atoms with E-state index in [-0.39, 0.29) is 19.6 Å². The molecule has 0 aliphatic heterocycles. The van der Waals surface area contributed by atoms with Crippen molar-refractivity contribution in [3.8, 4) is 11.8 Å². The molecule has 4 nitrogen and oxygen atoms in total. The predicted octanol–water partition coefficient (Wildman–Crippen LogP) is 2.28. The summed E-state index contributed by atoms with van der Waals surface area (Å²) in [4.78, 5) is 10.8. The van der Waals surface area contributed by atoms with Gasteiger partial charge in [0.1, 0.15) is 25.4 Å². The van der Waals surface area contributed by atoms with Gasteiger partial charge in [0.2, 0.25) is 0 Å². The molecule has 1 aromatic rings. The predicted molar refractivity (Wildman–Crippen MR) is 60.8 cm³/mol. The normalized spacial score (nSPS) is 9.25. The van der Waals surface area contributed by atoms with Gasteiger partial charge in [0.15, 0.2) is 0 Å². The van der Waals surface area contributed by atoms with Crippen molar-refractivity contribution in [3.05, 3.63) is 28.7 Å². The Morgan fingerprint density at radius 3 is 2.62 bits per heavy atom. The maximum Gasteiger partial charge on any atom is 0.320 e. The smallest absolute Gasteiger partial charge is 0.320 e. The third-order valence-electron chi connectivity index (χ3n) is 1.65. The van der Waals surface area contributed by atoms with Crippen LogP contribution < -0.4 is 4.74 Å². The Labute approximate surface area is 102 Å². The lowest BCUT2D eigenvalue weighted by molar-refractivity contribution is -0.143. The minimum Gasteiger partial charge on any atom is -0.490 e. The molecule has 0 amide bonds. The minimum atomic E-state index is -0.526. The van der Waals surface area contributed by atoms with Crippen LogP contribution in [-0.2, 0) is 9.53 Å². The zero-order chi connectivity index (χ0) is 11.8. The number of hydrogen-bond acceptors (Lipinski definition) is 4. The van der Waals surface area contributed by atoms with E-state index in [1.165, 1.54) is 0 Å². The van der Waals surface area contributed by atoms with Gasteiger partial charge in [-0.2, -0.15) is 5.26 Å². The Morgan fingerprint density at radius 2 is 2.00 bits per heavy atom. The first-order valence-corrected chi connectivity index (χ1v) is 5.42. The van der Waals surface area contributed by atoms with Crippen LogP contribution in [0.4, 0.5) is 0 Å². The largest absolute Gasteiger partial charge is 0.490 e. The maximum absolute atomic E-state index is 10.8. The fraction of sp³-hybridized carbons (Fsp3) is 0.273. The van der Waals surface area contributed by atoms with Crippen LogP contribution in [0.5, 0.6) is 5.75 Å². The van der Waals surface area contributed by atoms with Crippen LogP contribution in [0.1, 0.15) is 6.42 Å². The van der Waals surface area contributed by atoms with Crippen LogP contribution in [0.2, 0.25) is 0 Å². The highest BCUT2D eigenvalue weighted by atomic mass is 79.9. The molecule has 0 fully saturated rings. The molecule has 0 heterocycles. The van der Waals surface area contributed by atoms with Crippen LogP contribution in [0, 0.1) is 11.3 Å². The first-order chi connectivity index (χ1) is 7.72. The first kappa shape index (κ1) is 12.5. The molecule has 0 spiro atoms. The molecule has 0 aliphatic carbocycles. The van der Waals surface area contributed by atoms with Crippen molar-refractivity contribution in [3.63, 3.8) is 0 Å². The number of esters is 1. The Hall–Kier alpha value is -1.54. The van der Waals surface area contributed by atoms with Crippen molar-refractivity contribution in [2.24, 2.45) is 0 Å². The van der Waals surface area contributed by atoms with E-state index in [0.29, 0.717) is 5.75 Å². The van der Waals surface area contributed by atoms with E-state index in [2.05, 4.69) is 15.9 Å². The summed E-state index contributed by atoms with van der Waals surface area (Å²) in [6.45, 7) is 0.426. The number of hydrogen-bond donors (Lipinski definition) is 0. The van der Waals surface area contributed by atoms with Crippen LogP contribution in [0.3, 0.4) is 0 Å². The lowest BCUT2D eigenvalue weighted by atomic mass is 10.3. The molecular weight excluding hydrogens is 274 g/mol. The fourth-order valence-electron chi connectivity index (χ4n) is 0.961. The number of carbonyl (C=O) groups excluding carboxylic acids is 1. The molecule has 0 bridgehead atoms. The van der Waals surface area contributed by atoms with Crippen LogP contribution >= 0.6 is 15.9 Å². The number of benzene rings is 1. The van der Waals surface area contributed by atoms with Gasteiger partial charge in [0, 0.05) is 4.47 Å². The number of ether oxygens (including phenoxy) is 2. The van der Waals surface area contributed by atoms with Crippen LogP contribution in [-0.4, -0.2) is 19.2 Å². The molecule has 0 aromatic heterocycles. The van der Waals surface area contributed by atoms with Gasteiger partial charge in [-0.15, -0.1) is 0 Å². The van der Waals surface area contributed by atoms with Crippen LogP contribution in [0.15, 0.2) is 28.7 Å². The lowest BCUT2D eigenvalue weighted by Crippen LogP contribution is -2.11. The van der Waals surface area contributed by atoms with Gasteiger partial charge in [0.25, 0.3) is 0 Å². The molecular formula is C11H10BrNO3. The summed E-state index contributed by atoms with van der Waals surface area (Å²) >= 11 is 3.31. The van der Waals surface area contributed by atoms with E-state index in [1.54, 1.807) is 18.2 Å². The molecule has 0 N–H and O–H groups in total. The quantitative estimate of drug-likeness (QED) is 0.615. The number of rotatable bonds is 5. The standard InChI is InChI=1S/C11H10BrNO3/c12-9-1-3-10(4-2-9)15-7-8-16-11(14)5-6-13/h1-4H,5,7-8H2. The van der Waals surface area contributed by atoms with E-state index in [4.69, 9.17) is 14.7 Å². The van der Waals surface area contributed by atoms with Gasteiger partial charge in [0.05, 0.1) is 6.07 Å². The third kappa shape index (κ3) is 4.80. The van der Waals surface area contributed by atoms with Gasteiger partial charge in [-0.25, -0.2) is 0 Å². The van der Waals surface area contributed by atoms with Crippen molar-refractivity contribution in [2.45, 2.75) is 6.42 Å². The van der Waals surface area contributed by atoms with Crippen LogP contribution in [0.25, 0.3) is 0 Å². The Morgan fingerprint density at radius 1 is 1.31 bits per heavy atom. The number of nitriles is 1. The second kappa shape index (κ2) is 6.85. The van der Waals surface area contributed by atoms with E-state index in [0.717, 1.165) is 4.47 Å². The van der Waals surface area contributed by atoms with E-state index in [9.17, 15) is 4.79 Å². The van der Waals surface area contributed by atoms with Crippen molar-refractivity contribution in [1.82, 2.24) is 0 Å². The molecule has 0 unspecified atom stereocenters. The number of carbonyl (C=O) groups is 1. The van der Waals surface area contributed by atoms with Gasteiger partial charge >= 0.3 is 5.97 Å². The lowest BCUT2D eigenvalue weighted by Gasteiger charge is -2.06. The second-order valence-corrected chi connectivity index (χ2v) is 3.77. The van der Waals surface area contributed by atoms with E-state index in [1.807, 2.05) is 12.1 Å². The summed E-state index contributed by atoms with van der Waals surface area (Å²) in [7, 11) is 0. The SMILES string of the molecule is N#CCC(=O)OCCOc1ccc(Br)cc1. The Kier molecular flexibility index (Phi) is 5.37. The summed E-state index contributed by atoms with van der Waals surface area (Å²) < 4.78 is 11.0. The Balaban J connectivity index is 2.19. The molecule has 1 aromatic carbocycles. The monoisotopic (exact) mass is 283 g/mol. The summed E-state index contributed by atoms with van der Waals surface area (Å²) in [5, 5.41) is 8.21. The highest BCUT2D eigenvalue weighted by Crippen LogP contribution is 2.15. The van der Waals surface area contributed by atoms with E-state index >= 15 is 0 Å². The molecule has 0 aliphatic rings. The van der Waals surface area contributed by atoms with Gasteiger partial charge in [-0.1, -0.05) is 15.9 Å². The zero-order valence-electron chi connectivity index (χ0n) is 8.48. The topological polar surface area (TPSA) is 59.3 Å². The molecule has 16 heavy (non-hydrogen) atoms. The second-order valence-electron chi connectivity index (χ2n) is 2.86. The minimum absolute atomic E-state index is 0.149. The molecule has 1 rings (SSSR count). The van der Waals surface area contributed by atoms with Gasteiger partial charge in [-0.05, 0) is 24.3 Å². The Bertz CT molecular complexity index is 383. The first-order valence-electron chi connectivity index (χ1n) is 4.63. The van der Waals surface area contributed by atoms with Crippen molar-refractivity contribution in [1.29, 1.82) is 5.26 Å². The maximum atomic E-state index is 10.8. The highest BCUT2D eigenvalue weighted by Gasteiger charge is 2.00. The molecule has 0 radical (unpaired) electrons. The highest BCUT2D eigenvalue weighted by molar-refractivity contribution is 9.10. The summed E-state index contributed by atoms with van der Waals surface area (Å²) in [5.41, 5.74) is 0. The fourth-order valence-corrected chi connectivity index (χ4v) is 1.23. The van der Waals surface area contributed by atoms with Crippen molar-refractivity contribution < 1.29 is 14.3 Å². The summed E-state index contributed by atoms with van der Waals surface area (Å²) in [5.74, 6) is 0.182. The van der Waals surface area contributed by atoms with Crippen molar-refractivity contribution >= 4 is 21.9 Å². The zero-order valence-corrected chi connectivity index (χ0v) is 10.1. The van der Waals surface area contributed by atoms with E-state index < -0.39 is 5.97 Å². The average Bonchev–Trinajstić information content (AvgIpc) is 2.27. The summed E-state index contributed by atoms with van der Waals surface area (Å²) in [6, 6.07) is 9.04. The molecule has 0 saturated carbocycles. The van der Waals surface area contributed by atoms with Gasteiger partial charge < -0.3 is 9.47 Å². The molecule has 5 heteroatoms. The molecule has 0 atom stereocenters. The van der Waals surface area contributed by atoms with Gasteiger partial charge in [-0.3, -0.25) is 4.79 Å². The number of halogens is 1. The van der Waals surface area contributed by atoms with Crippen molar-refractivity contribution in [2.75, 3.05) is 13.2 Å². The molecule has 0 saturated heterocycles.